The quantitative estimate of drug-likeness (QED) is 0.847. The Hall–Kier alpha value is -2.61. The summed E-state index contributed by atoms with van der Waals surface area (Å²) in [5.41, 5.74) is 7.19. The van der Waals surface area contributed by atoms with Crippen LogP contribution in [-0.4, -0.2) is 46.7 Å². The smallest absolute Gasteiger partial charge is 0.274 e. The molecule has 1 aliphatic rings. The van der Waals surface area contributed by atoms with Crippen molar-refractivity contribution in [2.75, 3.05) is 19.8 Å². The van der Waals surface area contributed by atoms with Crippen LogP contribution in [0.25, 0.3) is 5.69 Å². The van der Waals surface area contributed by atoms with Crippen molar-refractivity contribution >= 4 is 5.91 Å². The molecule has 0 saturated carbocycles. The summed E-state index contributed by atoms with van der Waals surface area (Å²) in [5.74, 6) is 1.07. The second-order valence-electron chi connectivity index (χ2n) is 5.37. The summed E-state index contributed by atoms with van der Waals surface area (Å²) in [6.07, 6.45) is 0. The first-order chi connectivity index (χ1) is 11.1. The second-order valence-corrected chi connectivity index (χ2v) is 5.37. The van der Waals surface area contributed by atoms with Gasteiger partial charge in [0.1, 0.15) is 13.2 Å². The summed E-state index contributed by atoms with van der Waals surface area (Å²) in [6, 6.07) is 5.36. The molecule has 3 N–H and O–H groups in total. The number of nitrogens with two attached hydrogens (primary N) is 1. The van der Waals surface area contributed by atoms with Gasteiger partial charge in [-0.3, -0.25) is 4.79 Å². The highest BCUT2D eigenvalue weighted by Gasteiger charge is 2.20. The van der Waals surface area contributed by atoms with Crippen molar-refractivity contribution in [3.05, 3.63) is 29.6 Å². The maximum absolute atomic E-state index is 12.2. The highest BCUT2D eigenvalue weighted by molar-refractivity contribution is 5.93. The van der Waals surface area contributed by atoms with Gasteiger partial charge in [-0.25, -0.2) is 4.68 Å². The monoisotopic (exact) mass is 317 g/mol. The van der Waals surface area contributed by atoms with E-state index < -0.39 is 0 Å². The molecule has 2 heterocycles. The summed E-state index contributed by atoms with van der Waals surface area (Å²) in [6.45, 7) is 5.04. The number of carbonyl (C=O) groups excluding carboxylic acids is 1. The van der Waals surface area contributed by atoms with Gasteiger partial charge in [0.15, 0.2) is 17.2 Å². The summed E-state index contributed by atoms with van der Waals surface area (Å²) in [7, 11) is 0. The van der Waals surface area contributed by atoms with E-state index in [0.29, 0.717) is 37.0 Å². The zero-order valence-corrected chi connectivity index (χ0v) is 13.1. The number of hydrogen-bond acceptors (Lipinski definition) is 6. The molecule has 3 rings (SSSR count). The van der Waals surface area contributed by atoms with E-state index in [1.807, 2.05) is 25.1 Å². The fourth-order valence-electron chi connectivity index (χ4n) is 2.30. The van der Waals surface area contributed by atoms with Gasteiger partial charge in [0.05, 0.1) is 11.4 Å². The Bertz CT molecular complexity index is 728. The van der Waals surface area contributed by atoms with Gasteiger partial charge in [0.25, 0.3) is 5.91 Å². The maximum Gasteiger partial charge on any atom is 0.274 e. The molecule has 2 aromatic rings. The van der Waals surface area contributed by atoms with Gasteiger partial charge in [-0.15, -0.1) is 5.10 Å². The maximum atomic E-state index is 12.2. The number of carbonyl (C=O) groups is 1. The van der Waals surface area contributed by atoms with Gasteiger partial charge >= 0.3 is 0 Å². The fourth-order valence-corrected chi connectivity index (χ4v) is 2.30. The van der Waals surface area contributed by atoms with E-state index in [2.05, 4.69) is 15.6 Å². The number of benzene rings is 1. The van der Waals surface area contributed by atoms with Crippen LogP contribution in [0.5, 0.6) is 11.5 Å². The lowest BCUT2D eigenvalue weighted by Gasteiger charge is -2.18. The van der Waals surface area contributed by atoms with Crippen molar-refractivity contribution in [2.24, 2.45) is 5.73 Å². The first kappa shape index (κ1) is 15.3. The van der Waals surface area contributed by atoms with Crippen LogP contribution < -0.4 is 20.5 Å². The Morgan fingerprint density at radius 2 is 2.13 bits per heavy atom. The third kappa shape index (κ3) is 2.98. The molecule has 0 saturated heterocycles. The molecule has 23 heavy (non-hydrogen) atoms. The molecular formula is C15H19N5O3. The molecule has 122 valence electrons. The molecule has 0 radical (unpaired) electrons. The van der Waals surface area contributed by atoms with E-state index in [1.54, 1.807) is 11.6 Å². The number of hydrogen-bond donors (Lipinski definition) is 2. The van der Waals surface area contributed by atoms with Crippen LogP contribution in [0.3, 0.4) is 0 Å². The van der Waals surface area contributed by atoms with Crippen LogP contribution in [0.15, 0.2) is 18.2 Å². The number of amides is 1. The predicted molar refractivity (Wildman–Crippen MR) is 83.1 cm³/mol. The molecule has 8 nitrogen and oxygen atoms in total. The summed E-state index contributed by atoms with van der Waals surface area (Å²) in [5, 5.41) is 10.8. The van der Waals surface area contributed by atoms with Crippen LogP contribution in [0.4, 0.5) is 0 Å². The Morgan fingerprint density at radius 1 is 1.39 bits per heavy atom. The Kier molecular flexibility index (Phi) is 4.16. The van der Waals surface area contributed by atoms with Crippen molar-refractivity contribution in [1.29, 1.82) is 0 Å². The number of ether oxygens (including phenoxy) is 2. The molecule has 0 fully saturated rings. The predicted octanol–water partition coefficient (Wildman–Crippen LogP) is 0.424. The number of rotatable bonds is 4. The molecule has 0 bridgehead atoms. The van der Waals surface area contributed by atoms with Crippen LogP contribution >= 0.6 is 0 Å². The SMILES string of the molecule is Cc1c(C(=O)N[C@@H](C)CN)nnn1-c1ccc2c(c1)OCCO2. The van der Waals surface area contributed by atoms with E-state index in [-0.39, 0.29) is 17.6 Å². The minimum Gasteiger partial charge on any atom is -0.486 e. The zero-order chi connectivity index (χ0) is 16.4. The van der Waals surface area contributed by atoms with Crippen molar-refractivity contribution in [3.8, 4) is 17.2 Å². The zero-order valence-electron chi connectivity index (χ0n) is 13.1. The molecule has 8 heteroatoms. The van der Waals surface area contributed by atoms with Crippen molar-refractivity contribution in [1.82, 2.24) is 20.3 Å². The minimum absolute atomic E-state index is 0.124. The number of nitrogens with zero attached hydrogens (tertiary/aromatic N) is 3. The standard InChI is InChI=1S/C15H19N5O3/c1-9(8-16)17-15(21)14-10(2)20(19-18-14)11-3-4-12-13(7-11)23-6-5-22-12/h3-4,7,9H,5-6,8,16H2,1-2H3,(H,17,21)/t9-/m0/s1. The summed E-state index contributed by atoms with van der Waals surface area (Å²) in [4.78, 5) is 12.2. The first-order valence-corrected chi connectivity index (χ1v) is 7.43. The molecule has 1 atom stereocenters. The molecule has 0 aliphatic carbocycles. The highest BCUT2D eigenvalue weighted by atomic mass is 16.6. The normalized spacial score (nSPS) is 14.4. The van der Waals surface area contributed by atoms with Gasteiger partial charge < -0.3 is 20.5 Å². The van der Waals surface area contributed by atoms with E-state index in [4.69, 9.17) is 15.2 Å². The van der Waals surface area contributed by atoms with Gasteiger partial charge in [0, 0.05) is 18.7 Å². The molecular weight excluding hydrogens is 298 g/mol. The average molecular weight is 317 g/mol. The Morgan fingerprint density at radius 3 is 2.87 bits per heavy atom. The molecule has 0 unspecified atom stereocenters. The molecule has 0 spiro atoms. The topological polar surface area (TPSA) is 104 Å². The lowest BCUT2D eigenvalue weighted by molar-refractivity contribution is 0.0935. The number of nitrogens with one attached hydrogen (secondary N) is 1. The molecule has 1 amide bonds. The largest absolute Gasteiger partial charge is 0.486 e. The van der Waals surface area contributed by atoms with E-state index in [0.717, 1.165) is 5.69 Å². The summed E-state index contributed by atoms with van der Waals surface area (Å²) < 4.78 is 12.7. The van der Waals surface area contributed by atoms with Crippen LogP contribution in [-0.2, 0) is 0 Å². The fraction of sp³-hybridized carbons (Fsp3) is 0.400. The number of fused-ring (bicyclic) bond motifs is 1. The molecule has 1 aromatic heterocycles. The van der Waals surface area contributed by atoms with E-state index in [9.17, 15) is 4.79 Å². The number of aromatic nitrogens is 3. The lowest BCUT2D eigenvalue weighted by atomic mass is 10.2. The Labute approximate surface area is 133 Å². The van der Waals surface area contributed by atoms with Gasteiger partial charge in [0.2, 0.25) is 0 Å². The average Bonchev–Trinajstić information content (AvgIpc) is 2.96. The lowest BCUT2D eigenvalue weighted by Crippen LogP contribution is -2.38. The van der Waals surface area contributed by atoms with Gasteiger partial charge in [-0.2, -0.15) is 0 Å². The second kappa shape index (κ2) is 6.25. The van der Waals surface area contributed by atoms with E-state index >= 15 is 0 Å². The van der Waals surface area contributed by atoms with E-state index in [1.165, 1.54) is 0 Å². The van der Waals surface area contributed by atoms with Crippen LogP contribution in [0.1, 0.15) is 23.1 Å². The van der Waals surface area contributed by atoms with Crippen molar-refractivity contribution in [2.45, 2.75) is 19.9 Å². The summed E-state index contributed by atoms with van der Waals surface area (Å²) >= 11 is 0. The third-order valence-electron chi connectivity index (χ3n) is 3.61. The first-order valence-electron chi connectivity index (χ1n) is 7.43. The van der Waals surface area contributed by atoms with Crippen LogP contribution in [0.2, 0.25) is 0 Å². The van der Waals surface area contributed by atoms with Crippen molar-refractivity contribution in [3.63, 3.8) is 0 Å². The molecule has 1 aliphatic heterocycles. The van der Waals surface area contributed by atoms with Crippen molar-refractivity contribution < 1.29 is 14.3 Å². The van der Waals surface area contributed by atoms with Crippen LogP contribution in [0, 0.1) is 6.92 Å². The minimum atomic E-state index is -0.288. The van der Waals surface area contributed by atoms with Gasteiger partial charge in [-0.1, -0.05) is 5.21 Å². The third-order valence-corrected chi connectivity index (χ3v) is 3.61. The highest BCUT2D eigenvalue weighted by Crippen LogP contribution is 2.32. The molecule has 1 aromatic carbocycles. The van der Waals surface area contributed by atoms with Gasteiger partial charge in [-0.05, 0) is 26.0 Å². The Balaban J connectivity index is 1.88.